The lowest BCUT2D eigenvalue weighted by atomic mass is 9.85. The van der Waals surface area contributed by atoms with Crippen LogP contribution < -0.4 is 10.6 Å². The van der Waals surface area contributed by atoms with E-state index in [-0.39, 0.29) is 29.8 Å². The van der Waals surface area contributed by atoms with Crippen LogP contribution in [0, 0.1) is 10.8 Å². The van der Waals surface area contributed by atoms with Gasteiger partial charge in [-0.05, 0) is 87.5 Å². The summed E-state index contributed by atoms with van der Waals surface area (Å²) in [4.78, 5) is 43.3. The second kappa shape index (κ2) is 13.2. The Bertz CT molecular complexity index is 1840. The molecule has 0 unspecified atom stereocenters. The molecule has 3 aliphatic heterocycles. The van der Waals surface area contributed by atoms with Crippen LogP contribution in [0.15, 0.2) is 71.4 Å². The van der Waals surface area contributed by atoms with E-state index in [0.29, 0.717) is 62.5 Å². The normalized spacial score (nSPS) is 20.7. The fraction of sp³-hybridized carbons (Fsp3) is 0.353. The predicted octanol–water partition coefficient (Wildman–Crippen LogP) is 4.70. The molecular formula is C34H38FN9O2S. The molecule has 11 nitrogen and oxygen atoms in total. The maximum Gasteiger partial charge on any atom is 0.237 e. The van der Waals surface area contributed by atoms with Crippen molar-refractivity contribution in [2.24, 2.45) is 17.5 Å². The molecule has 2 saturated heterocycles. The number of benzene rings is 1. The van der Waals surface area contributed by atoms with Gasteiger partial charge in [0.25, 0.3) is 0 Å². The van der Waals surface area contributed by atoms with E-state index >= 15 is 0 Å². The third-order valence-corrected chi connectivity index (χ3v) is 10.3. The lowest BCUT2D eigenvalue weighted by Crippen LogP contribution is -2.43. The summed E-state index contributed by atoms with van der Waals surface area (Å²) < 4.78 is 15.0. The van der Waals surface area contributed by atoms with Gasteiger partial charge >= 0.3 is 0 Å². The molecule has 0 bridgehead atoms. The average Bonchev–Trinajstić information content (AvgIpc) is 3.87. The zero-order chi connectivity index (χ0) is 33.3. The number of nitrogen functional groups attached to an aromatic ring is 1. The van der Waals surface area contributed by atoms with E-state index < -0.39 is 11.2 Å². The highest BCUT2D eigenvalue weighted by atomic mass is 32.1. The number of aryl methyl sites for hydroxylation is 1. The molecule has 0 radical (unpaired) electrons. The molecule has 47 heavy (non-hydrogen) atoms. The van der Waals surface area contributed by atoms with Gasteiger partial charge in [0.15, 0.2) is 5.82 Å². The maximum absolute atomic E-state index is 13.9. The SMILES string of the molecule is C=N/C(=C\C=C(/C)F)C(=N)c1cc(N2CC[C@]3(CCN(CC(=O)N4CC=C(c5ccc(-c6ncn(C)n6)s5)CC4)C3)C2=O)ccc1N. The van der Waals surface area contributed by atoms with E-state index in [1.807, 2.05) is 18.0 Å². The van der Waals surface area contributed by atoms with E-state index in [2.05, 4.69) is 38.8 Å². The number of nitrogens with zero attached hydrogens (tertiary/aromatic N) is 7. The number of carbonyl (C=O) groups is 2. The van der Waals surface area contributed by atoms with Crippen LogP contribution in [0.4, 0.5) is 15.8 Å². The van der Waals surface area contributed by atoms with Crippen molar-refractivity contribution < 1.29 is 14.0 Å². The van der Waals surface area contributed by atoms with Crippen LogP contribution in [0.25, 0.3) is 16.3 Å². The number of nitrogens with two attached hydrogens (primary N) is 1. The lowest BCUT2D eigenvalue weighted by Gasteiger charge is -2.29. The summed E-state index contributed by atoms with van der Waals surface area (Å²) in [6.07, 6.45) is 8.57. The van der Waals surface area contributed by atoms with Crippen LogP contribution in [0.2, 0.25) is 0 Å². The summed E-state index contributed by atoms with van der Waals surface area (Å²) in [6, 6.07) is 9.30. The molecule has 2 aromatic heterocycles. The number of thiophene rings is 1. The van der Waals surface area contributed by atoms with Crippen LogP contribution in [0.3, 0.4) is 0 Å². The highest BCUT2D eigenvalue weighted by molar-refractivity contribution is 7.16. The van der Waals surface area contributed by atoms with Crippen molar-refractivity contribution in [1.29, 1.82) is 5.41 Å². The Morgan fingerprint density at radius 1 is 1.19 bits per heavy atom. The molecule has 2 amide bonds. The van der Waals surface area contributed by atoms with E-state index in [4.69, 9.17) is 11.1 Å². The van der Waals surface area contributed by atoms with Crippen molar-refractivity contribution in [2.45, 2.75) is 26.2 Å². The predicted molar refractivity (Wildman–Crippen MR) is 184 cm³/mol. The summed E-state index contributed by atoms with van der Waals surface area (Å²) in [7, 11) is 1.85. The Morgan fingerprint density at radius 2 is 1.98 bits per heavy atom. The number of anilines is 2. The van der Waals surface area contributed by atoms with E-state index in [0.717, 1.165) is 17.1 Å². The van der Waals surface area contributed by atoms with Crippen molar-refractivity contribution >= 4 is 52.5 Å². The Hall–Kier alpha value is -4.75. The van der Waals surface area contributed by atoms with Crippen molar-refractivity contribution in [1.82, 2.24) is 24.6 Å². The number of hydrogen-bond donors (Lipinski definition) is 2. The van der Waals surface area contributed by atoms with Crippen molar-refractivity contribution in [2.75, 3.05) is 49.9 Å². The minimum atomic E-state index is -0.555. The minimum Gasteiger partial charge on any atom is -0.398 e. The molecular weight excluding hydrogens is 618 g/mol. The number of halogens is 1. The molecule has 1 atom stereocenters. The summed E-state index contributed by atoms with van der Waals surface area (Å²) in [5.74, 6) is 0.383. The highest BCUT2D eigenvalue weighted by Crippen LogP contribution is 2.43. The van der Waals surface area contributed by atoms with Crippen molar-refractivity contribution in [3.8, 4) is 10.7 Å². The van der Waals surface area contributed by atoms with Gasteiger partial charge in [-0.15, -0.1) is 11.3 Å². The first-order chi connectivity index (χ1) is 22.6. The molecule has 3 N–H and O–H groups in total. The van der Waals surface area contributed by atoms with Crippen molar-refractivity contribution in [3.05, 3.63) is 76.9 Å². The Labute approximate surface area is 277 Å². The average molecular weight is 656 g/mol. The number of nitrogens with one attached hydrogen (secondary N) is 1. The maximum atomic E-state index is 13.9. The molecule has 5 heterocycles. The second-order valence-corrected chi connectivity index (χ2v) is 13.4. The molecule has 6 rings (SSSR count). The van der Waals surface area contributed by atoms with E-state index in [1.54, 1.807) is 45.4 Å². The lowest BCUT2D eigenvalue weighted by molar-refractivity contribution is -0.132. The van der Waals surface area contributed by atoms with Crippen LogP contribution in [0.1, 0.15) is 36.6 Å². The van der Waals surface area contributed by atoms with Gasteiger partial charge in [-0.2, -0.15) is 5.10 Å². The van der Waals surface area contributed by atoms with Gasteiger partial charge in [-0.3, -0.25) is 29.6 Å². The summed E-state index contributed by atoms with van der Waals surface area (Å²) >= 11 is 1.66. The number of likely N-dealkylation sites (tertiary alicyclic amines) is 1. The largest absolute Gasteiger partial charge is 0.398 e. The molecule has 1 aromatic carbocycles. The summed E-state index contributed by atoms with van der Waals surface area (Å²) in [5.41, 5.74) is 8.42. The minimum absolute atomic E-state index is 0.00892. The van der Waals surface area contributed by atoms with Crippen LogP contribution in [0.5, 0.6) is 0 Å². The molecule has 13 heteroatoms. The van der Waals surface area contributed by atoms with E-state index in [1.165, 1.54) is 29.5 Å². The number of aliphatic imine (C=N–C) groups is 1. The Balaban J connectivity index is 1.07. The Morgan fingerprint density at radius 3 is 2.68 bits per heavy atom. The molecule has 2 fully saturated rings. The first-order valence-corrected chi connectivity index (χ1v) is 16.4. The Kier molecular flexibility index (Phi) is 9.02. The van der Waals surface area contributed by atoms with Gasteiger partial charge in [0.1, 0.15) is 6.33 Å². The standard InChI is InChI=1S/C34H38FN9O2S/c1-22(35)4-7-27(38-2)31(37)25-18-24(5-6-26(25)36)44-17-13-34(33(44)46)12-16-42(20-34)19-30(45)43-14-10-23(11-15-43)28-8-9-29(47-28)32-39-21-41(3)40-32/h4-10,18,21,37H,2,11-17,19-20,36H2,1,3H3/b22-4+,27-7-,37-31?/t34-/m0/s1. The summed E-state index contributed by atoms with van der Waals surface area (Å²) in [6.45, 7) is 8.05. The van der Waals surface area contributed by atoms with E-state index in [9.17, 15) is 14.0 Å². The summed E-state index contributed by atoms with van der Waals surface area (Å²) in [5, 5.41) is 13.0. The molecule has 0 saturated carbocycles. The van der Waals surface area contributed by atoms with Crippen LogP contribution in [-0.4, -0.2) is 88.1 Å². The number of aromatic nitrogens is 3. The molecule has 1 spiro atoms. The van der Waals surface area contributed by atoms with Gasteiger partial charge in [0.05, 0.1) is 34.1 Å². The number of hydrogen-bond acceptors (Lipinski definition) is 9. The van der Waals surface area contributed by atoms with Gasteiger partial charge in [-0.25, -0.2) is 9.37 Å². The van der Waals surface area contributed by atoms with Gasteiger partial charge < -0.3 is 15.5 Å². The number of carbonyl (C=O) groups excluding carboxylic acids is 2. The fourth-order valence-corrected chi connectivity index (χ4v) is 7.52. The zero-order valence-electron chi connectivity index (χ0n) is 26.6. The third kappa shape index (κ3) is 6.58. The second-order valence-electron chi connectivity index (χ2n) is 12.3. The topological polar surface area (TPSA) is 137 Å². The van der Waals surface area contributed by atoms with Crippen LogP contribution >= 0.6 is 11.3 Å². The number of amides is 2. The number of allylic oxidation sites excluding steroid dienone is 4. The quantitative estimate of drug-likeness (QED) is 0.195. The van der Waals surface area contributed by atoms with Gasteiger partial charge in [0, 0.05) is 55.0 Å². The smallest absolute Gasteiger partial charge is 0.237 e. The first-order valence-electron chi connectivity index (χ1n) is 15.5. The van der Waals surface area contributed by atoms with Crippen LogP contribution in [-0.2, 0) is 16.6 Å². The highest BCUT2D eigenvalue weighted by Gasteiger charge is 2.51. The van der Waals surface area contributed by atoms with Gasteiger partial charge in [-0.1, -0.05) is 6.08 Å². The third-order valence-electron chi connectivity index (χ3n) is 9.12. The fourth-order valence-electron chi connectivity index (χ4n) is 6.51. The molecule has 3 aliphatic rings. The first kappa shape index (κ1) is 32.2. The number of rotatable bonds is 9. The van der Waals surface area contributed by atoms with Gasteiger partial charge in [0.2, 0.25) is 11.8 Å². The van der Waals surface area contributed by atoms with Crippen molar-refractivity contribution in [3.63, 3.8) is 0 Å². The monoisotopic (exact) mass is 655 g/mol. The molecule has 0 aliphatic carbocycles. The molecule has 244 valence electrons. The zero-order valence-corrected chi connectivity index (χ0v) is 27.4. The molecule has 3 aromatic rings.